The summed E-state index contributed by atoms with van der Waals surface area (Å²) in [6, 6.07) is 12.4. The maximum absolute atomic E-state index is 12.7. The number of aliphatic hydroxyl groups excluding tert-OH is 1. The summed E-state index contributed by atoms with van der Waals surface area (Å²) in [4.78, 5) is 35.6. The number of aliphatic hydroxyl groups is 1. The van der Waals surface area contributed by atoms with E-state index in [0.29, 0.717) is 41.0 Å². The molecule has 33 heavy (non-hydrogen) atoms. The van der Waals surface area contributed by atoms with Crippen molar-refractivity contribution in [3.8, 4) is 11.3 Å². The van der Waals surface area contributed by atoms with E-state index in [4.69, 9.17) is 11.6 Å². The lowest BCUT2D eigenvalue weighted by atomic mass is 10.1. The molecule has 1 fully saturated rings. The molecule has 0 radical (unpaired) electrons. The number of likely N-dealkylation sites (tertiary alicyclic amines) is 1. The Hall–Kier alpha value is -3.49. The van der Waals surface area contributed by atoms with Gasteiger partial charge in [0.25, 0.3) is 5.91 Å². The van der Waals surface area contributed by atoms with Crippen LogP contribution in [-0.2, 0) is 11.2 Å². The normalized spacial score (nSPS) is 17.5. The summed E-state index contributed by atoms with van der Waals surface area (Å²) < 4.78 is 0. The maximum atomic E-state index is 12.7. The Labute approximate surface area is 195 Å². The van der Waals surface area contributed by atoms with Gasteiger partial charge in [-0.3, -0.25) is 9.59 Å². The van der Waals surface area contributed by atoms with Gasteiger partial charge in [0, 0.05) is 46.7 Å². The maximum Gasteiger partial charge on any atom is 0.253 e. The van der Waals surface area contributed by atoms with Crippen molar-refractivity contribution in [1.29, 1.82) is 0 Å². The van der Waals surface area contributed by atoms with Gasteiger partial charge in [0.1, 0.15) is 0 Å². The highest BCUT2D eigenvalue weighted by Gasteiger charge is 2.23. The number of aromatic nitrogens is 2. The number of fused-ring (bicyclic) bond motifs is 3. The van der Waals surface area contributed by atoms with E-state index >= 15 is 0 Å². The summed E-state index contributed by atoms with van der Waals surface area (Å²) in [5.74, 6) is 0.138. The number of amides is 2. The van der Waals surface area contributed by atoms with Crippen molar-refractivity contribution in [3.05, 3.63) is 64.8 Å². The van der Waals surface area contributed by atoms with Crippen LogP contribution in [0.5, 0.6) is 0 Å². The monoisotopic (exact) mass is 463 g/mol. The third kappa shape index (κ3) is 4.53. The van der Waals surface area contributed by atoms with Gasteiger partial charge in [0.15, 0.2) is 0 Å². The van der Waals surface area contributed by atoms with E-state index in [1.807, 2.05) is 6.07 Å². The third-order valence-corrected chi connectivity index (χ3v) is 6.03. The average molecular weight is 464 g/mol. The highest BCUT2D eigenvalue weighted by molar-refractivity contribution is 6.31. The minimum absolute atomic E-state index is 0.0889. The van der Waals surface area contributed by atoms with E-state index in [9.17, 15) is 14.7 Å². The quantitative estimate of drug-likeness (QED) is 0.547. The highest BCUT2D eigenvalue weighted by atomic mass is 35.5. The highest BCUT2D eigenvalue weighted by Crippen LogP contribution is 2.34. The lowest BCUT2D eigenvalue weighted by Crippen LogP contribution is -2.42. The van der Waals surface area contributed by atoms with Gasteiger partial charge in [-0.15, -0.1) is 0 Å². The van der Waals surface area contributed by atoms with E-state index in [0.717, 1.165) is 29.7 Å². The third-order valence-electron chi connectivity index (χ3n) is 5.80. The Morgan fingerprint density at radius 2 is 2.03 bits per heavy atom. The standard InChI is InChI=1S/C24H22ClN5O3/c25-16-5-8-19-20(11-16)28-21(32)10-15-12-26-24(29-22(15)19)27-17-6-3-14(4-7-17)23(33)30-9-1-2-18(31)13-30/h3-8,11-12,18,31H,1-2,9-10,13H2,(H,28,32)(H,26,27,29). The van der Waals surface area contributed by atoms with Crippen molar-refractivity contribution in [2.45, 2.75) is 25.4 Å². The molecule has 1 saturated heterocycles. The molecule has 8 nitrogen and oxygen atoms in total. The van der Waals surface area contributed by atoms with Crippen LogP contribution in [-0.4, -0.2) is 51.0 Å². The van der Waals surface area contributed by atoms with Gasteiger partial charge in [-0.2, -0.15) is 0 Å². The molecule has 9 heteroatoms. The number of carbonyl (C=O) groups is 2. The second kappa shape index (κ2) is 8.80. The number of piperidine rings is 1. The number of nitrogens with zero attached hydrogens (tertiary/aromatic N) is 3. The van der Waals surface area contributed by atoms with Crippen molar-refractivity contribution < 1.29 is 14.7 Å². The van der Waals surface area contributed by atoms with Gasteiger partial charge >= 0.3 is 0 Å². The minimum Gasteiger partial charge on any atom is -0.391 e. The molecule has 3 heterocycles. The number of carbonyl (C=O) groups excluding carboxylic acids is 2. The fraction of sp³-hybridized carbons (Fsp3) is 0.250. The Morgan fingerprint density at radius 3 is 2.82 bits per heavy atom. The lowest BCUT2D eigenvalue weighted by Gasteiger charge is -2.30. The molecule has 3 N–H and O–H groups in total. The second-order valence-corrected chi connectivity index (χ2v) is 8.67. The number of β-amino-alcohol motifs (C(OH)–C–C–N with tert-alkyl or cyclic N) is 1. The van der Waals surface area contributed by atoms with Gasteiger partial charge in [-0.25, -0.2) is 9.97 Å². The Bertz CT molecular complexity index is 1230. The zero-order chi connectivity index (χ0) is 22.9. The molecule has 2 aliphatic rings. The molecule has 0 bridgehead atoms. The molecule has 0 saturated carbocycles. The molecule has 168 valence electrons. The fourth-order valence-electron chi connectivity index (χ4n) is 4.17. The number of halogens is 1. The molecule has 1 atom stereocenters. The van der Waals surface area contributed by atoms with Crippen LogP contribution in [0.25, 0.3) is 11.3 Å². The number of hydrogen-bond acceptors (Lipinski definition) is 6. The van der Waals surface area contributed by atoms with Crippen LogP contribution in [0, 0.1) is 0 Å². The van der Waals surface area contributed by atoms with Gasteiger partial charge < -0.3 is 20.6 Å². The molecule has 0 aliphatic carbocycles. The largest absolute Gasteiger partial charge is 0.391 e. The van der Waals surface area contributed by atoms with E-state index in [1.165, 1.54) is 0 Å². The number of hydrogen-bond donors (Lipinski definition) is 3. The van der Waals surface area contributed by atoms with Crippen LogP contribution in [0.15, 0.2) is 48.7 Å². The molecule has 5 rings (SSSR count). The van der Waals surface area contributed by atoms with E-state index in [1.54, 1.807) is 47.5 Å². The van der Waals surface area contributed by atoms with E-state index in [-0.39, 0.29) is 18.2 Å². The first-order valence-electron chi connectivity index (χ1n) is 10.8. The fourth-order valence-corrected chi connectivity index (χ4v) is 4.34. The molecule has 2 amide bonds. The molecule has 2 aliphatic heterocycles. The summed E-state index contributed by atoms with van der Waals surface area (Å²) in [6.45, 7) is 1.02. The first kappa shape index (κ1) is 21.4. The smallest absolute Gasteiger partial charge is 0.253 e. The van der Waals surface area contributed by atoms with Crippen LogP contribution < -0.4 is 10.6 Å². The number of benzene rings is 2. The number of anilines is 3. The first-order chi connectivity index (χ1) is 16.0. The molecule has 1 aromatic heterocycles. The van der Waals surface area contributed by atoms with E-state index in [2.05, 4.69) is 20.6 Å². The Kier molecular flexibility index (Phi) is 5.70. The summed E-state index contributed by atoms with van der Waals surface area (Å²) in [5.41, 5.74) is 4.06. The minimum atomic E-state index is -0.458. The predicted octanol–water partition coefficient (Wildman–Crippen LogP) is 3.63. The first-order valence-corrected chi connectivity index (χ1v) is 11.1. The Morgan fingerprint density at radius 1 is 1.21 bits per heavy atom. The zero-order valence-electron chi connectivity index (χ0n) is 17.7. The van der Waals surface area contributed by atoms with Crippen molar-refractivity contribution in [1.82, 2.24) is 14.9 Å². The molecule has 1 unspecified atom stereocenters. The van der Waals surface area contributed by atoms with Crippen molar-refractivity contribution in [3.63, 3.8) is 0 Å². The van der Waals surface area contributed by atoms with Crippen molar-refractivity contribution in [2.75, 3.05) is 23.7 Å². The number of nitrogens with one attached hydrogen (secondary N) is 2. The van der Waals surface area contributed by atoms with Crippen LogP contribution in [0.2, 0.25) is 5.02 Å². The summed E-state index contributed by atoms with van der Waals surface area (Å²) in [5, 5.41) is 16.4. The Balaban J connectivity index is 1.37. The summed E-state index contributed by atoms with van der Waals surface area (Å²) in [7, 11) is 0. The molecular formula is C24H22ClN5O3. The molecule has 0 spiro atoms. The van der Waals surface area contributed by atoms with Crippen LogP contribution in [0.3, 0.4) is 0 Å². The van der Waals surface area contributed by atoms with Crippen LogP contribution in [0.4, 0.5) is 17.3 Å². The number of rotatable bonds is 3. The zero-order valence-corrected chi connectivity index (χ0v) is 18.5. The average Bonchev–Trinajstić information content (AvgIpc) is 2.93. The van der Waals surface area contributed by atoms with Gasteiger partial charge in [0.05, 0.1) is 23.9 Å². The van der Waals surface area contributed by atoms with Crippen molar-refractivity contribution in [2.24, 2.45) is 0 Å². The van der Waals surface area contributed by atoms with Crippen LogP contribution >= 0.6 is 11.6 Å². The SMILES string of the molecule is O=C1Cc2cnc(Nc3ccc(C(=O)N4CCCC(O)C4)cc3)nc2-c2ccc(Cl)cc2N1. The second-order valence-electron chi connectivity index (χ2n) is 8.23. The molecule has 2 aromatic carbocycles. The van der Waals surface area contributed by atoms with E-state index < -0.39 is 6.10 Å². The van der Waals surface area contributed by atoms with Gasteiger partial charge in [0.2, 0.25) is 11.9 Å². The van der Waals surface area contributed by atoms with Crippen molar-refractivity contribution >= 4 is 40.7 Å². The summed E-state index contributed by atoms with van der Waals surface area (Å²) >= 11 is 6.10. The topological polar surface area (TPSA) is 107 Å². The van der Waals surface area contributed by atoms with Gasteiger partial charge in [-0.1, -0.05) is 11.6 Å². The summed E-state index contributed by atoms with van der Waals surface area (Å²) in [6.07, 6.45) is 2.89. The molecule has 3 aromatic rings. The lowest BCUT2D eigenvalue weighted by molar-refractivity contribution is -0.115. The van der Waals surface area contributed by atoms with Gasteiger partial charge in [-0.05, 0) is 55.3 Å². The predicted molar refractivity (Wildman–Crippen MR) is 126 cm³/mol. The van der Waals surface area contributed by atoms with Crippen LogP contribution in [0.1, 0.15) is 28.8 Å². The molecular weight excluding hydrogens is 442 g/mol.